The number of piperidine rings is 1. The maximum atomic E-state index is 6.11. The zero-order valence-electron chi connectivity index (χ0n) is 12.2. The summed E-state index contributed by atoms with van der Waals surface area (Å²) in [4.78, 5) is 4.89. The topological polar surface area (TPSA) is 29.9 Å². The third-order valence-electron chi connectivity index (χ3n) is 3.95. The van der Waals surface area contributed by atoms with Crippen molar-refractivity contribution in [3.63, 3.8) is 0 Å². The van der Waals surface area contributed by atoms with Crippen molar-refractivity contribution < 1.29 is 0 Å². The van der Waals surface area contributed by atoms with Gasteiger partial charge in [0.2, 0.25) is 0 Å². The molecule has 108 valence electrons. The lowest BCUT2D eigenvalue weighted by atomic mass is 9.98. The van der Waals surface area contributed by atoms with E-state index in [1.807, 2.05) is 12.1 Å². The molecule has 0 bridgehead atoms. The molecule has 1 fully saturated rings. The monoisotopic (exact) mass is 291 g/mol. The normalized spacial score (nSPS) is 19.9. The SMILES string of the molecule is CC(C)Cn1c(C2CCCNC2)nc2cc(Cl)ccc21. The lowest BCUT2D eigenvalue weighted by Gasteiger charge is -2.24. The van der Waals surface area contributed by atoms with Gasteiger partial charge in [0.1, 0.15) is 5.82 Å². The Morgan fingerprint density at radius 3 is 3.00 bits per heavy atom. The quantitative estimate of drug-likeness (QED) is 0.932. The Balaban J connectivity index is 2.08. The fraction of sp³-hybridized carbons (Fsp3) is 0.562. The molecule has 1 saturated heterocycles. The largest absolute Gasteiger partial charge is 0.327 e. The van der Waals surface area contributed by atoms with E-state index in [4.69, 9.17) is 16.6 Å². The van der Waals surface area contributed by atoms with Crippen LogP contribution in [0.25, 0.3) is 11.0 Å². The third kappa shape index (κ3) is 2.70. The highest BCUT2D eigenvalue weighted by Gasteiger charge is 2.22. The first-order valence-electron chi connectivity index (χ1n) is 7.51. The molecule has 1 aromatic heterocycles. The summed E-state index contributed by atoms with van der Waals surface area (Å²) in [5.41, 5.74) is 2.24. The van der Waals surface area contributed by atoms with Crippen molar-refractivity contribution in [1.82, 2.24) is 14.9 Å². The number of hydrogen-bond acceptors (Lipinski definition) is 2. The Labute approximate surface area is 125 Å². The molecule has 0 aliphatic carbocycles. The molecular formula is C16H22ClN3. The summed E-state index contributed by atoms with van der Waals surface area (Å²) in [7, 11) is 0. The van der Waals surface area contributed by atoms with Crippen LogP contribution >= 0.6 is 11.6 Å². The average Bonchev–Trinajstić information content (AvgIpc) is 2.77. The summed E-state index contributed by atoms with van der Waals surface area (Å²) >= 11 is 6.11. The summed E-state index contributed by atoms with van der Waals surface area (Å²) in [6.07, 6.45) is 2.46. The Kier molecular flexibility index (Phi) is 3.99. The molecular weight excluding hydrogens is 270 g/mol. The molecule has 4 heteroatoms. The number of fused-ring (bicyclic) bond motifs is 1. The van der Waals surface area contributed by atoms with E-state index in [-0.39, 0.29) is 0 Å². The van der Waals surface area contributed by atoms with Crippen LogP contribution in [0, 0.1) is 5.92 Å². The Bertz CT molecular complexity index is 597. The molecule has 0 saturated carbocycles. The van der Waals surface area contributed by atoms with Crippen molar-refractivity contribution in [2.45, 2.75) is 39.2 Å². The van der Waals surface area contributed by atoms with Crippen LogP contribution < -0.4 is 5.32 Å². The molecule has 1 aliphatic heterocycles. The standard InChI is InChI=1S/C16H22ClN3/c1-11(2)10-20-15-6-5-13(17)8-14(15)19-16(20)12-4-3-7-18-9-12/h5-6,8,11-12,18H,3-4,7,9-10H2,1-2H3. The maximum absolute atomic E-state index is 6.11. The van der Waals surface area contributed by atoms with Crippen LogP contribution in [0.2, 0.25) is 5.02 Å². The Morgan fingerprint density at radius 2 is 2.30 bits per heavy atom. The lowest BCUT2D eigenvalue weighted by molar-refractivity contribution is 0.421. The molecule has 0 spiro atoms. The van der Waals surface area contributed by atoms with Gasteiger partial charge < -0.3 is 9.88 Å². The third-order valence-corrected chi connectivity index (χ3v) is 4.18. The minimum atomic E-state index is 0.522. The van der Waals surface area contributed by atoms with Crippen molar-refractivity contribution in [1.29, 1.82) is 0 Å². The Morgan fingerprint density at radius 1 is 1.45 bits per heavy atom. The molecule has 2 heterocycles. The zero-order chi connectivity index (χ0) is 14.1. The summed E-state index contributed by atoms with van der Waals surface area (Å²) < 4.78 is 2.40. The number of imidazole rings is 1. The van der Waals surface area contributed by atoms with Crippen LogP contribution in [0.1, 0.15) is 38.4 Å². The molecule has 3 nitrogen and oxygen atoms in total. The van der Waals surface area contributed by atoms with Gasteiger partial charge in [-0.15, -0.1) is 0 Å². The van der Waals surface area contributed by atoms with E-state index in [1.165, 1.54) is 24.2 Å². The first-order chi connectivity index (χ1) is 9.65. The second-order valence-corrected chi connectivity index (χ2v) is 6.59. The van der Waals surface area contributed by atoms with Gasteiger partial charge in [-0.25, -0.2) is 4.98 Å². The second kappa shape index (κ2) is 5.74. The average molecular weight is 292 g/mol. The van der Waals surface area contributed by atoms with Crippen LogP contribution in [0.5, 0.6) is 0 Å². The number of nitrogens with zero attached hydrogens (tertiary/aromatic N) is 2. The van der Waals surface area contributed by atoms with E-state index in [1.54, 1.807) is 0 Å². The van der Waals surface area contributed by atoms with Gasteiger partial charge in [-0.1, -0.05) is 25.4 Å². The van der Waals surface area contributed by atoms with E-state index < -0.39 is 0 Å². The number of benzene rings is 1. The first-order valence-corrected chi connectivity index (χ1v) is 7.89. The fourth-order valence-corrected chi connectivity index (χ4v) is 3.23. The maximum Gasteiger partial charge on any atom is 0.114 e. The highest BCUT2D eigenvalue weighted by atomic mass is 35.5. The molecule has 2 aromatic rings. The molecule has 3 rings (SSSR count). The molecule has 20 heavy (non-hydrogen) atoms. The van der Waals surface area contributed by atoms with Crippen molar-refractivity contribution in [3.8, 4) is 0 Å². The highest BCUT2D eigenvalue weighted by molar-refractivity contribution is 6.31. The summed E-state index contributed by atoms with van der Waals surface area (Å²) in [6, 6.07) is 6.05. The summed E-state index contributed by atoms with van der Waals surface area (Å²) in [6.45, 7) is 7.70. The predicted octanol–water partition coefficient (Wildman–Crippen LogP) is 3.81. The van der Waals surface area contributed by atoms with Gasteiger partial charge in [0.25, 0.3) is 0 Å². The highest BCUT2D eigenvalue weighted by Crippen LogP contribution is 2.28. The Hall–Kier alpha value is -1.06. The molecule has 0 amide bonds. The van der Waals surface area contributed by atoms with E-state index in [2.05, 4.69) is 29.8 Å². The zero-order valence-corrected chi connectivity index (χ0v) is 13.0. The van der Waals surface area contributed by atoms with Gasteiger partial charge in [-0.2, -0.15) is 0 Å². The van der Waals surface area contributed by atoms with Gasteiger partial charge in [-0.05, 0) is 43.5 Å². The second-order valence-electron chi connectivity index (χ2n) is 6.15. The minimum absolute atomic E-state index is 0.522. The lowest BCUT2D eigenvalue weighted by Crippen LogP contribution is -2.30. The van der Waals surface area contributed by atoms with E-state index in [9.17, 15) is 0 Å². The van der Waals surface area contributed by atoms with Crippen molar-refractivity contribution in [2.75, 3.05) is 13.1 Å². The minimum Gasteiger partial charge on any atom is -0.327 e. The number of hydrogen-bond donors (Lipinski definition) is 1. The fourth-order valence-electron chi connectivity index (χ4n) is 3.06. The van der Waals surface area contributed by atoms with Crippen LogP contribution in [0.4, 0.5) is 0 Å². The van der Waals surface area contributed by atoms with Crippen LogP contribution in [-0.2, 0) is 6.54 Å². The molecule has 1 atom stereocenters. The number of nitrogens with one attached hydrogen (secondary N) is 1. The smallest absolute Gasteiger partial charge is 0.114 e. The van der Waals surface area contributed by atoms with Crippen molar-refractivity contribution >= 4 is 22.6 Å². The van der Waals surface area contributed by atoms with Crippen LogP contribution in [0.3, 0.4) is 0 Å². The molecule has 1 unspecified atom stereocenters. The first kappa shape index (κ1) is 13.9. The van der Waals surface area contributed by atoms with Gasteiger partial charge >= 0.3 is 0 Å². The van der Waals surface area contributed by atoms with E-state index in [0.717, 1.165) is 30.2 Å². The van der Waals surface area contributed by atoms with Gasteiger partial charge in [0.05, 0.1) is 11.0 Å². The van der Waals surface area contributed by atoms with E-state index in [0.29, 0.717) is 11.8 Å². The molecule has 1 aliphatic rings. The van der Waals surface area contributed by atoms with Crippen molar-refractivity contribution in [3.05, 3.63) is 29.0 Å². The van der Waals surface area contributed by atoms with Gasteiger partial charge in [-0.3, -0.25) is 0 Å². The van der Waals surface area contributed by atoms with Gasteiger partial charge in [0.15, 0.2) is 0 Å². The number of rotatable bonds is 3. The molecule has 1 N–H and O–H groups in total. The molecule has 0 radical (unpaired) electrons. The van der Waals surface area contributed by atoms with Crippen LogP contribution in [-0.4, -0.2) is 22.6 Å². The number of halogens is 1. The van der Waals surface area contributed by atoms with Crippen molar-refractivity contribution in [2.24, 2.45) is 5.92 Å². The van der Waals surface area contributed by atoms with Crippen LogP contribution in [0.15, 0.2) is 18.2 Å². The molecule has 1 aromatic carbocycles. The summed E-state index contributed by atoms with van der Waals surface area (Å²) in [5.74, 6) is 2.36. The predicted molar refractivity (Wildman–Crippen MR) is 84.4 cm³/mol. The van der Waals surface area contributed by atoms with E-state index >= 15 is 0 Å². The number of aromatic nitrogens is 2. The summed E-state index contributed by atoms with van der Waals surface area (Å²) in [5, 5.41) is 4.25. The van der Waals surface area contributed by atoms with Gasteiger partial charge in [0, 0.05) is 24.0 Å².